The maximum Gasteiger partial charge on any atom is 0.0375 e. The summed E-state index contributed by atoms with van der Waals surface area (Å²) in [6.45, 7) is 0. The van der Waals surface area contributed by atoms with Gasteiger partial charge in [0.1, 0.15) is 0 Å². The van der Waals surface area contributed by atoms with Gasteiger partial charge in [0.05, 0.1) is 0 Å². The summed E-state index contributed by atoms with van der Waals surface area (Å²) in [4.78, 5) is 0. The van der Waals surface area contributed by atoms with Gasteiger partial charge in [0.25, 0.3) is 0 Å². The summed E-state index contributed by atoms with van der Waals surface area (Å²) >= 11 is 0. The average molecular weight is 249 g/mol. The van der Waals surface area contributed by atoms with Crippen LogP contribution >= 0.6 is 0 Å². The maximum atomic E-state index is 3.65. The smallest absolute Gasteiger partial charge is 0.0375 e. The van der Waals surface area contributed by atoms with Crippen molar-refractivity contribution in [2.24, 2.45) is 0 Å². The Labute approximate surface area is 114 Å². The van der Waals surface area contributed by atoms with Gasteiger partial charge in [-0.05, 0) is 60.4 Å². The highest BCUT2D eigenvalue weighted by Crippen LogP contribution is 2.28. The molecular weight excluding hydrogens is 230 g/mol. The number of hydrogen-bond donors (Lipinski definition) is 1. The lowest BCUT2D eigenvalue weighted by Crippen LogP contribution is -2.18. The van der Waals surface area contributed by atoms with Gasteiger partial charge in [-0.2, -0.15) is 0 Å². The summed E-state index contributed by atoms with van der Waals surface area (Å²) in [6, 6.07) is 16.4. The molecule has 0 bridgehead atoms. The highest BCUT2D eigenvalue weighted by Gasteiger charge is 2.20. The van der Waals surface area contributed by atoms with E-state index in [-0.39, 0.29) is 0 Å². The molecule has 96 valence electrons. The second-order valence-electron chi connectivity index (χ2n) is 5.86. The van der Waals surface area contributed by atoms with Crippen LogP contribution in [-0.4, -0.2) is 6.04 Å². The first-order valence-corrected chi connectivity index (χ1v) is 7.33. The number of rotatable bonds is 2. The molecule has 0 fully saturated rings. The van der Waals surface area contributed by atoms with Crippen molar-refractivity contribution in [1.82, 2.24) is 0 Å². The molecule has 0 radical (unpaired) electrons. The number of anilines is 1. The number of para-hydroxylation sites is 1. The summed E-state index contributed by atoms with van der Waals surface area (Å²) in [5, 5.41) is 3.65. The van der Waals surface area contributed by atoms with E-state index in [4.69, 9.17) is 0 Å². The van der Waals surface area contributed by atoms with E-state index in [1.165, 1.54) is 36.1 Å². The van der Waals surface area contributed by atoms with Gasteiger partial charge in [0, 0.05) is 11.7 Å². The van der Waals surface area contributed by atoms with E-state index in [2.05, 4.69) is 47.8 Å². The van der Waals surface area contributed by atoms with Gasteiger partial charge in [0.15, 0.2) is 0 Å². The SMILES string of the molecule is c1ccc2c(c1)CC(Cc1ccc3c(c1)CCC3)N2. The third kappa shape index (κ3) is 2.03. The zero-order valence-electron chi connectivity index (χ0n) is 11.2. The summed E-state index contributed by atoms with van der Waals surface area (Å²) in [6.07, 6.45) is 6.20. The van der Waals surface area contributed by atoms with Gasteiger partial charge < -0.3 is 5.32 Å². The van der Waals surface area contributed by atoms with E-state index < -0.39 is 0 Å². The molecule has 1 nitrogen and oxygen atoms in total. The van der Waals surface area contributed by atoms with Gasteiger partial charge in [-0.3, -0.25) is 0 Å². The fourth-order valence-corrected chi connectivity index (χ4v) is 3.54. The lowest BCUT2D eigenvalue weighted by molar-refractivity contribution is 0.745. The minimum absolute atomic E-state index is 0.567. The van der Waals surface area contributed by atoms with Crippen molar-refractivity contribution in [3.05, 3.63) is 64.7 Å². The number of aryl methyl sites for hydroxylation is 2. The van der Waals surface area contributed by atoms with Gasteiger partial charge in [-0.15, -0.1) is 0 Å². The maximum absolute atomic E-state index is 3.65. The minimum Gasteiger partial charge on any atom is -0.381 e. The molecule has 0 saturated carbocycles. The Balaban J connectivity index is 1.51. The molecule has 1 atom stereocenters. The third-order valence-corrected chi connectivity index (χ3v) is 4.49. The fourth-order valence-electron chi connectivity index (χ4n) is 3.54. The Morgan fingerprint density at radius 1 is 0.947 bits per heavy atom. The first-order chi connectivity index (χ1) is 9.38. The van der Waals surface area contributed by atoms with E-state index >= 15 is 0 Å². The molecule has 19 heavy (non-hydrogen) atoms. The molecule has 0 aromatic heterocycles. The molecule has 0 spiro atoms. The van der Waals surface area contributed by atoms with Crippen LogP contribution in [0.2, 0.25) is 0 Å². The van der Waals surface area contributed by atoms with Crippen molar-refractivity contribution in [3.8, 4) is 0 Å². The molecular formula is C18H19N. The summed E-state index contributed by atoms with van der Waals surface area (Å²) in [5.74, 6) is 0. The van der Waals surface area contributed by atoms with Crippen molar-refractivity contribution in [1.29, 1.82) is 0 Å². The molecule has 4 rings (SSSR count). The quantitative estimate of drug-likeness (QED) is 0.854. The molecule has 0 amide bonds. The zero-order valence-corrected chi connectivity index (χ0v) is 11.2. The predicted molar refractivity (Wildman–Crippen MR) is 79.7 cm³/mol. The average Bonchev–Trinajstić information content (AvgIpc) is 3.03. The van der Waals surface area contributed by atoms with Crippen molar-refractivity contribution in [2.75, 3.05) is 5.32 Å². The lowest BCUT2D eigenvalue weighted by atomic mass is 9.99. The van der Waals surface area contributed by atoms with Gasteiger partial charge in [-0.25, -0.2) is 0 Å². The Morgan fingerprint density at radius 3 is 2.79 bits per heavy atom. The predicted octanol–water partition coefficient (Wildman–Crippen LogP) is 3.75. The van der Waals surface area contributed by atoms with Crippen molar-refractivity contribution in [3.63, 3.8) is 0 Å². The molecule has 1 aliphatic heterocycles. The normalized spacial score (nSPS) is 19.9. The zero-order chi connectivity index (χ0) is 12.7. The van der Waals surface area contributed by atoms with Crippen LogP contribution in [0, 0.1) is 0 Å². The van der Waals surface area contributed by atoms with E-state index in [1.54, 1.807) is 11.1 Å². The number of fused-ring (bicyclic) bond motifs is 2. The summed E-state index contributed by atoms with van der Waals surface area (Å²) in [5.41, 5.74) is 7.45. The Hall–Kier alpha value is -1.76. The number of benzene rings is 2. The monoisotopic (exact) mass is 249 g/mol. The second kappa shape index (κ2) is 4.41. The molecule has 0 saturated heterocycles. The highest BCUT2D eigenvalue weighted by atomic mass is 14.9. The summed E-state index contributed by atoms with van der Waals surface area (Å²) < 4.78 is 0. The molecule has 2 aliphatic rings. The number of hydrogen-bond acceptors (Lipinski definition) is 1. The molecule has 2 aromatic carbocycles. The van der Waals surface area contributed by atoms with Gasteiger partial charge in [-0.1, -0.05) is 36.4 Å². The highest BCUT2D eigenvalue weighted by molar-refractivity contribution is 5.56. The van der Waals surface area contributed by atoms with Crippen LogP contribution in [0.25, 0.3) is 0 Å². The van der Waals surface area contributed by atoms with E-state index in [0.29, 0.717) is 6.04 Å². The van der Waals surface area contributed by atoms with Crippen LogP contribution in [0.15, 0.2) is 42.5 Å². The first kappa shape index (κ1) is 11.1. The van der Waals surface area contributed by atoms with Crippen LogP contribution in [0.4, 0.5) is 5.69 Å². The third-order valence-electron chi connectivity index (χ3n) is 4.49. The molecule has 1 N–H and O–H groups in total. The fraction of sp³-hybridized carbons (Fsp3) is 0.333. The standard InChI is InChI=1S/C18H19N/c1-2-7-18-16(4-1)12-17(19-18)11-13-8-9-14-5-3-6-15(14)10-13/h1-2,4,7-10,17,19H,3,5-6,11-12H2. The topological polar surface area (TPSA) is 12.0 Å². The first-order valence-electron chi connectivity index (χ1n) is 7.33. The van der Waals surface area contributed by atoms with Crippen LogP contribution in [-0.2, 0) is 25.7 Å². The molecule has 1 heteroatoms. The van der Waals surface area contributed by atoms with Crippen LogP contribution in [0.3, 0.4) is 0 Å². The van der Waals surface area contributed by atoms with Crippen LogP contribution < -0.4 is 5.32 Å². The molecule has 2 aromatic rings. The van der Waals surface area contributed by atoms with Crippen LogP contribution in [0.1, 0.15) is 28.7 Å². The second-order valence-corrected chi connectivity index (χ2v) is 5.86. The lowest BCUT2D eigenvalue weighted by Gasteiger charge is -2.12. The van der Waals surface area contributed by atoms with Crippen molar-refractivity contribution < 1.29 is 0 Å². The molecule has 1 heterocycles. The number of nitrogens with one attached hydrogen (secondary N) is 1. The van der Waals surface area contributed by atoms with E-state index in [0.717, 1.165) is 12.8 Å². The van der Waals surface area contributed by atoms with Crippen molar-refractivity contribution >= 4 is 5.69 Å². The molecule has 1 unspecified atom stereocenters. The Bertz CT molecular complexity index is 590. The van der Waals surface area contributed by atoms with Crippen molar-refractivity contribution in [2.45, 2.75) is 38.1 Å². The van der Waals surface area contributed by atoms with Gasteiger partial charge >= 0.3 is 0 Å². The van der Waals surface area contributed by atoms with Gasteiger partial charge in [0.2, 0.25) is 0 Å². The minimum atomic E-state index is 0.567. The van der Waals surface area contributed by atoms with E-state index in [1.807, 2.05) is 0 Å². The Morgan fingerprint density at radius 2 is 1.84 bits per heavy atom. The Kier molecular flexibility index (Phi) is 2.58. The summed E-state index contributed by atoms with van der Waals surface area (Å²) in [7, 11) is 0. The van der Waals surface area contributed by atoms with Crippen LogP contribution in [0.5, 0.6) is 0 Å². The van der Waals surface area contributed by atoms with E-state index in [9.17, 15) is 0 Å². The largest absolute Gasteiger partial charge is 0.381 e. The molecule has 1 aliphatic carbocycles.